The van der Waals surface area contributed by atoms with Crippen LogP contribution in [-0.4, -0.2) is 23.3 Å². The third kappa shape index (κ3) is 5.72. The number of anilines is 1. The van der Waals surface area contributed by atoms with Crippen molar-refractivity contribution < 1.29 is 27.2 Å². The van der Waals surface area contributed by atoms with E-state index in [0.717, 1.165) is 34.4 Å². The summed E-state index contributed by atoms with van der Waals surface area (Å²) in [6.07, 6.45) is -5.07. The minimum atomic E-state index is -4.87. The van der Waals surface area contributed by atoms with Crippen molar-refractivity contribution in [3.8, 4) is 11.1 Å². The lowest BCUT2D eigenvalue weighted by Crippen LogP contribution is -2.36. The summed E-state index contributed by atoms with van der Waals surface area (Å²) in [5, 5.41) is 2.89. The number of fused-ring (bicyclic) bond motifs is 1. The number of halogens is 5. The van der Waals surface area contributed by atoms with Gasteiger partial charge in [0.15, 0.2) is 0 Å². The summed E-state index contributed by atoms with van der Waals surface area (Å²) < 4.78 is 53.6. The average Bonchev–Trinajstić information content (AvgIpc) is 2.95. The van der Waals surface area contributed by atoms with Crippen molar-refractivity contribution in [2.24, 2.45) is 0 Å². The summed E-state index contributed by atoms with van der Waals surface area (Å²) in [5.41, 5.74) is 2.64. The molecule has 5 rings (SSSR count). The number of nitrogens with zero attached hydrogens (tertiary/aromatic N) is 1. The molecule has 0 radical (unpaired) electrons. The predicted octanol–water partition coefficient (Wildman–Crippen LogP) is 7.54. The molecule has 0 spiro atoms. The van der Waals surface area contributed by atoms with E-state index >= 15 is 0 Å². The van der Waals surface area contributed by atoms with Crippen LogP contribution in [0.3, 0.4) is 0 Å². The van der Waals surface area contributed by atoms with Crippen molar-refractivity contribution in [1.82, 2.24) is 4.90 Å². The second kappa shape index (κ2) is 11.1. The molecule has 1 heterocycles. The Hall–Kier alpha value is -4.17. The number of amides is 2. The fourth-order valence-corrected chi connectivity index (χ4v) is 5.07. The second-order valence-electron chi connectivity index (χ2n) is 9.48. The average molecular weight is 567 g/mol. The molecule has 0 bridgehead atoms. The first-order chi connectivity index (χ1) is 19.1. The molecule has 0 fully saturated rings. The molecule has 0 aromatic heterocycles. The van der Waals surface area contributed by atoms with Crippen LogP contribution in [0.5, 0.6) is 0 Å². The first kappa shape index (κ1) is 27.4. The van der Waals surface area contributed by atoms with Crippen LogP contribution in [0.25, 0.3) is 11.1 Å². The van der Waals surface area contributed by atoms with E-state index in [1.54, 1.807) is 29.2 Å². The fourth-order valence-electron chi connectivity index (χ4n) is 4.85. The number of hydrogen-bond acceptors (Lipinski definition) is 2. The van der Waals surface area contributed by atoms with Crippen LogP contribution in [-0.2, 0) is 30.4 Å². The Bertz CT molecular complexity index is 1570. The molecule has 0 saturated heterocycles. The Morgan fingerprint density at radius 3 is 2.27 bits per heavy atom. The van der Waals surface area contributed by atoms with Crippen molar-refractivity contribution in [2.75, 3.05) is 11.9 Å². The Balaban J connectivity index is 1.30. The van der Waals surface area contributed by atoms with Gasteiger partial charge in [0.25, 0.3) is 5.91 Å². The lowest BCUT2D eigenvalue weighted by Gasteiger charge is -2.30. The molecule has 0 unspecified atom stereocenters. The molecule has 0 saturated carbocycles. The van der Waals surface area contributed by atoms with Crippen molar-refractivity contribution in [3.05, 3.63) is 124 Å². The van der Waals surface area contributed by atoms with Crippen LogP contribution in [0.1, 0.15) is 32.6 Å². The highest BCUT2D eigenvalue weighted by atomic mass is 35.5. The molecular weight excluding hydrogens is 544 g/mol. The molecule has 2 amide bonds. The van der Waals surface area contributed by atoms with Crippen molar-refractivity contribution >= 4 is 29.1 Å². The topological polar surface area (TPSA) is 49.4 Å². The lowest BCUT2D eigenvalue weighted by molar-refractivity contribution is -0.140. The molecule has 4 aromatic rings. The van der Waals surface area contributed by atoms with Crippen LogP contribution in [0.4, 0.5) is 23.2 Å². The van der Waals surface area contributed by atoms with E-state index in [1.807, 2.05) is 42.5 Å². The summed E-state index contributed by atoms with van der Waals surface area (Å²) in [5.74, 6) is -2.31. The fraction of sp³-hybridized carbons (Fsp3) is 0.161. The van der Waals surface area contributed by atoms with Crippen molar-refractivity contribution in [1.29, 1.82) is 0 Å². The maximum absolute atomic E-state index is 14.4. The molecule has 0 aliphatic carbocycles. The summed E-state index contributed by atoms with van der Waals surface area (Å²) in [6.45, 7) is 0.661. The van der Waals surface area contributed by atoms with E-state index in [1.165, 1.54) is 0 Å². The lowest BCUT2D eigenvalue weighted by atomic mass is 9.96. The van der Waals surface area contributed by atoms with E-state index in [4.69, 9.17) is 11.6 Å². The molecule has 4 aromatic carbocycles. The summed E-state index contributed by atoms with van der Waals surface area (Å²) in [6, 6.07) is 23.4. The van der Waals surface area contributed by atoms with Gasteiger partial charge in [-0.2, -0.15) is 13.2 Å². The molecule has 4 nitrogen and oxygen atoms in total. The summed E-state index contributed by atoms with van der Waals surface area (Å²) >= 11 is 6.37. The molecule has 0 atom stereocenters. The first-order valence-electron chi connectivity index (χ1n) is 12.5. The van der Waals surface area contributed by atoms with Crippen LogP contribution in [0.15, 0.2) is 84.9 Å². The van der Waals surface area contributed by atoms with E-state index in [-0.39, 0.29) is 23.0 Å². The van der Waals surface area contributed by atoms with Crippen LogP contribution >= 0.6 is 11.6 Å². The van der Waals surface area contributed by atoms with Gasteiger partial charge < -0.3 is 10.2 Å². The maximum Gasteiger partial charge on any atom is 0.419 e. The van der Waals surface area contributed by atoms with Gasteiger partial charge in [-0.15, -0.1) is 0 Å². The largest absolute Gasteiger partial charge is 0.419 e. The zero-order valence-corrected chi connectivity index (χ0v) is 21.8. The molecule has 1 aliphatic rings. The highest BCUT2D eigenvalue weighted by Crippen LogP contribution is 2.35. The Morgan fingerprint density at radius 1 is 0.875 bits per heavy atom. The summed E-state index contributed by atoms with van der Waals surface area (Å²) in [7, 11) is 0. The Labute approximate surface area is 233 Å². The molecule has 40 heavy (non-hydrogen) atoms. The number of rotatable bonds is 5. The maximum atomic E-state index is 14.4. The third-order valence-corrected chi connectivity index (χ3v) is 7.19. The van der Waals surface area contributed by atoms with Gasteiger partial charge in [-0.1, -0.05) is 72.3 Å². The van der Waals surface area contributed by atoms with Crippen LogP contribution in [0, 0.1) is 5.82 Å². The summed E-state index contributed by atoms with van der Waals surface area (Å²) in [4.78, 5) is 27.7. The SMILES string of the molecule is O=C(Cc1cccc(C(F)(F)F)c1F)Nc1c(Cl)ccc2c1CCN(C(=O)c1ccc(-c3ccccc3)cc1)C2. The minimum absolute atomic E-state index is 0.134. The third-order valence-electron chi connectivity index (χ3n) is 6.88. The molecule has 1 aliphatic heterocycles. The number of benzene rings is 4. The van der Waals surface area contributed by atoms with Crippen molar-refractivity contribution in [2.45, 2.75) is 25.6 Å². The van der Waals surface area contributed by atoms with Gasteiger partial charge >= 0.3 is 6.18 Å². The predicted molar refractivity (Wildman–Crippen MR) is 146 cm³/mol. The number of alkyl halides is 3. The van der Waals surface area contributed by atoms with E-state index in [0.29, 0.717) is 30.3 Å². The van der Waals surface area contributed by atoms with Crippen molar-refractivity contribution in [3.63, 3.8) is 0 Å². The molecule has 9 heteroatoms. The minimum Gasteiger partial charge on any atom is -0.334 e. The molecule has 204 valence electrons. The standard InChI is InChI=1S/C31H23ClF4N2O2/c32-26-14-13-23-18-38(30(40)21-11-9-20(10-12-21)19-5-2-1-3-6-19)16-15-24(23)29(26)37-27(39)17-22-7-4-8-25(28(22)33)31(34,35)36/h1-14H,15-18H2,(H,37,39). The molecule has 1 N–H and O–H groups in total. The van der Waals surface area contributed by atoms with Gasteiger partial charge in [0.1, 0.15) is 5.82 Å². The highest BCUT2D eigenvalue weighted by molar-refractivity contribution is 6.34. The number of nitrogens with one attached hydrogen (secondary N) is 1. The normalized spacial score (nSPS) is 13.1. The van der Waals surface area contributed by atoms with Gasteiger partial charge in [-0.25, -0.2) is 4.39 Å². The number of carbonyl (C=O) groups is 2. The van der Waals surface area contributed by atoms with Gasteiger partial charge in [0.2, 0.25) is 5.91 Å². The quantitative estimate of drug-likeness (QED) is 0.254. The Morgan fingerprint density at radius 2 is 1.57 bits per heavy atom. The monoisotopic (exact) mass is 566 g/mol. The number of hydrogen-bond donors (Lipinski definition) is 1. The van der Waals surface area contributed by atoms with Crippen LogP contribution < -0.4 is 5.32 Å². The van der Waals surface area contributed by atoms with E-state index in [2.05, 4.69) is 5.32 Å². The Kier molecular flexibility index (Phi) is 7.63. The second-order valence-corrected chi connectivity index (χ2v) is 9.89. The first-order valence-corrected chi connectivity index (χ1v) is 12.9. The zero-order chi connectivity index (χ0) is 28.4. The number of carbonyl (C=O) groups excluding carboxylic acids is 2. The van der Waals surface area contributed by atoms with Gasteiger partial charge in [0.05, 0.1) is 22.7 Å². The van der Waals surface area contributed by atoms with Crippen LogP contribution in [0.2, 0.25) is 5.02 Å². The molecular formula is C31H23ClF4N2O2. The smallest absolute Gasteiger partial charge is 0.334 e. The van der Waals surface area contributed by atoms with Gasteiger partial charge in [-0.05, 0) is 58.5 Å². The zero-order valence-electron chi connectivity index (χ0n) is 21.1. The highest BCUT2D eigenvalue weighted by Gasteiger charge is 2.35. The van der Waals surface area contributed by atoms with Gasteiger partial charge in [-0.3, -0.25) is 9.59 Å². The van der Waals surface area contributed by atoms with E-state index < -0.39 is 29.9 Å². The van der Waals surface area contributed by atoms with E-state index in [9.17, 15) is 27.2 Å². The van der Waals surface area contributed by atoms with Gasteiger partial charge in [0, 0.05) is 18.7 Å².